The van der Waals surface area contributed by atoms with Crippen LogP contribution in [0.2, 0.25) is 0 Å². The number of rotatable bonds is 1. The smallest absolute Gasteiger partial charge is 0.184 e. The Balaban J connectivity index is 2.76. The van der Waals surface area contributed by atoms with Crippen molar-refractivity contribution in [3.8, 4) is 0 Å². The van der Waals surface area contributed by atoms with E-state index >= 15 is 0 Å². The molecule has 0 aliphatic carbocycles. The predicted octanol–water partition coefficient (Wildman–Crippen LogP) is -2.62. The molecule has 0 spiro atoms. The Morgan fingerprint density at radius 3 is 2.08 bits per heavy atom. The molecule has 0 amide bonds. The quantitative estimate of drug-likeness (QED) is 0.362. The third-order valence-corrected chi connectivity index (χ3v) is 1.99. The van der Waals surface area contributed by atoms with Crippen LogP contribution in [0.1, 0.15) is 6.92 Å². The number of ether oxygens (including phenoxy) is 1. The molecule has 0 aromatic carbocycles. The summed E-state index contributed by atoms with van der Waals surface area (Å²) in [5, 5.41) is 36.4. The first-order valence-corrected chi connectivity index (χ1v) is 3.83. The van der Waals surface area contributed by atoms with Gasteiger partial charge in [-0.3, -0.25) is 4.79 Å². The van der Waals surface area contributed by atoms with Gasteiger partial charge in [-0.1, -0.05) is 0 Å². The Morgan fingerprint density at radius 2 is 1.62 bits per heavy atom. The zero-order valence-corrected chi connectivity index (χ0v) is 6.99. The van der Waals surface area contributed by atoms with Crippen LogP contribution in [-0.2, 0) is 9.53 Å². The van der Waals surface area contributed by atoms with E-state index in [1.807, 2.05) is 0 Å². The summed E-state index contributed by atoms with van der Waals surface area (Å²) in [6.45, 7) is 1.16. The van der Waals surface area contributed by atoms with Crippen LogP contribution in [0.3, 0.4) is 0 Å². The Bertz CT molecular complexity index is 205. The fraction of sp³-hybridized carbons (Fsp3) is 0.857. The summed E-state index contributed by atoms with van der Waals surface area (Å²) in [5.74, 6) is -0.516. The molecule has 5 atom stereocenters. The molecule has 76 valence electrons. The average Bonchev–Trinajstić information content (AvgIpc) is 2.07. The van der Waals surface area contributed by atoms with Crippen molar-refractivity contribution >= 4 is 5.78 Å². The van der Waals surface area contributed by atoms with Crippen LogP contribution in [0, 0.1) is 0 Å². The first-order chi connectivity index (χ1) is 5.95. The molecule has 0 unspecified atom stereocenters. The normalized spacial score (nSPS) is 46.1. The molecule has 0 radical (unpaired) electrons. The number of Topliss-reactive ketones (excluding diaryl/α,β-unsaturated/α-hetero) is 1. The molecule has 1 fully saturated rings. The molecule has 1 saturated heterocycles. The summed E-state index contributed by atoms with van der Waals surface area (Å²) in [4.78, 5) is 10.8. The highest BCUT2D eigenvalue weighted by Crippen LogP contribution is 2.20. The zero-order valence-electron chi connectivity index (χ0n) is 6.99. The van der Waals surface area contributed by atoms with Crippen molar-refractivity contribution < 1.29 is 30.0 Å². The van der Waals surface area contributed by atoms with Gasteiger partial charge in [0.2, 0.25) is 0 Å². The number of carbonyl (C=O) groups excluding carboxylic acids is 1. The highest BCUT2D eigenvalue weighted by Gasteiger charge is 2.44. The standard InChI is InChI=1S/C7H12O6/c1-2(8)6-4(10)3(9)5(11)7(12)13-6/h3-7,9-12H,1H3/t3-,4+,5-,6-,7+/m0/s1. The molecule has 13 heavy (non-hydrogen) atoms. The maximum Gasteiger partial charge on any atom is 0.184 e. The molecule has 0 aromatic heterocycles. The van der Waals surface area contributed by atoms with Gasteiger partial charge in [0.25, 0.3) is 0 Å². The molecule has 1 aliphatic heterocycles. The fourth-order valence-electron chi connectivity index (χ4n) is 1.20. The second-order valence-corrected chi connectivity index (χ2v) is 3.03. The van der Waals surface area contributed by atoms with Crippen molar-refractivity contribution in [3.63, 3.8) is 0 Å². The van der Waals surface area contributed by atoms with Crippen molar-refractivity contribution in [2.24, 2.45) is 0 Å². The summed E-state index contributed by atoms with van der Waals surface area (Å²) in [7, 11) is 0. The molecule has 6 nitrogen and oxygen atoms in total. The van der Waals surface area contributed by atoms with Gasteiger partial charge in [-0.2, -0.15) is 0 Å². The number of aliphatic hydroxyl groups excluding tert-OH is 4. The van der Waals surface area contributed by atoms with Crippen LogP contribution in [-0.4, -0.2) is 56.9 Å². The van der Waals surface area contributed by atoms with Crippen LogP contribution < -0.4 is 0 Å². The van der Waals surface area contributed by atoms with E-state index in [9.17, 15) is 9.90 Å². The van der Waals surface area contributed by atoms with E-state index in [1.165, 1.54) is 0 Å². The third-order valence-electron chi connectivity index (χ3n) is 1.99. The number of aliphatic hydroxyl groups is 4. The Hall–Kier alpha value is -0.530. The van der Waals surface area contributed by atoms with Crippen molar-refractivity contribution in [3.05, 3.63) is 0 Å². The monoisotopic (exact) mass is 192 g/mol. The van der Waals surface area contributed by atoms with E-state index in [2.05, 4.69) is 4.74 Å². The Labute approximate surface area is 74.4 Å². The van der Waals surface area contributed by atoms with Crippen LogP contribution >= 0.6 is 0 Å². The fourth-order valence-corrected chi connectivity index (χ4v) is 1.20. The Morgan fingerprint density at radius 1 is 1.08 bits per heavy atom. The van der Waals surface area contributed by atoms with Gasteiger partial charge >= 0.3 is 0 Å². The molecule has 0 bridgehead atoms. The van der Waals surface area contributed by atoms with E-state index in [-0.39, 0.29) is 0 Å². The van der Waals surface area contributed by atoms with E-state index < -0.39 is 36.5 Å². The molecule has 4 N–H and O–H groups in total. The molecule has 0 aromatic rings. The van der Waals surface area contributed by atoms with Crippen molar-refractivity contribution in [2.75, 3.05) is 0 Å². The molecular weight excluding hydrogens is 180 g/mol. The molecule has 1 heterocycles. The van der Waals surface area contributed by atoms with Crippen LogP contribution in [0.4, 0.5) is 0 Å². The maximum absolute atomic E-state index is 10.8. The van der Waals surface area contributed by atoms with Gasteiger partial charge in [-0.15, -0.1) is 0 Å². The minimum atomic E-state index is -1.65. The van der Waals surface area contributed by atoms with Gasteiger partial charge in [0, 0.05) is 0 Å². The number of carbonyl (C=O) groups is 1. The summed E-state index contributed by atoms with van der Waals surface area (Å²) >= 11 is 0. The minimum absolute atomic E-state index is 0.516. The molecule has 1 rings (SSSR count). The maximum atomic E-state index is 10.8. The first kappa shape index (κ1) is 10.6. The molecule has 6 heteroatoms. The number of hydrogen-bond donors (Lipinski definition) is 4. The van der Waals surface area contributed by atoms with Gasteiger partial charge in [-0.25, -0.2) is 0 Å². The second kappa shape index (κ2) is 3.69. The number of ketones is 1. The van der Waals surface area contributed by atoms with Crippen LogP contribution in [0.5, 0.6) is 0 Å². The van der Waals surface area contributed by atoms with Crippen LogP contribution in [0.15, 0.2) is 0 Å². The number of hydrogen-bond acceptors (Lipinski definition) is 6. The topological polar surface area (TPSA) is 107 Å². The van der Waals surface area contributed by atoms with Crippen molar-refractivity contribution in [1.29, 1.82) is 0 Å². The summed E-state index contributed by atoms with van der Waals surface area (Å²) in [6, 6.07) is 0. The lowest BCUT2D eigenvalue weighted by Gasteiger charge is -2.37. The van der Waals surface area contributed by atoms with Crippen molar-refractivity contribution in [1.82, 2.24) is 0 Å². The van der Waals surface area contributed by atoms with Crippen LogP contribution in [0.25, 0.3) is 0 Å². The van der Waals surface area contributed by atoms with Gasteiger partial charge in [0.1, 0.15) is 24.4 Å². The third kappa shape index (κ3) is 1.87. The molecule has 0 saturated carbocycles. The van der Waals surface area contributed by atoms with Gasteiger partial charge in [-0.05, 0) is 6.92 Å². The second-order valence-electron chi connectivity index (χ2n) is 3.03. The molecule has 1 aliphatic rings. The molecular formula is C7H12O6. The predicted molar refractivity (Wildman–Crippen MR) is 39.6 cm³/mol. The first-order valence-electron chi connectivity index (χ1n) is 3.83. The SMILES string of the molecule is CC(=O)[C@@H]1O[C@@H](O)[C@@H](O)[C@@H](O)[C@H]1O. The lowest BCUT2D eigenvalue weighted by atomic mass is 9.97. The lowest BCUT2D eigenvalue weighted by molar-refractivity contribution is -0.274. The minimum Gasteiger partial charge on any atom is -0.387 e. The van der Waals surface area contributed by atoms with E-state index in [1.54, 1.807) is 0 Å². The van der Waals surface area contributed by atoms with Gasteiger partial charge < -0.3 is 25.2 Å². The summed E-state index contributed by atoms with van der Waals surface area (Å²) in [6.07, 6.45) is -7.60. The average molecular weight is 192 g/mol. The highest BCUT2D eigenvalue weighted by molar-refractivity contribution is 5.81. The van der Waals surface area contributed by atoms with Gasteiger partial charge in [0.05, 0.1) is 0 Å². The Kier molecular flexibility index (Phi) is 2.99. The largest absolute Gasteiger partial charge is 0.387 e. The summed E-state index contributed by atoms with van der Waals surface area (Å²) in [5.41, 5.74) is 0. The van der Waals surface area contributed by atoms with E-state index in [0.29, 0.717) is 0 Å². The van der Waals surface area contributed by atoms with E-state index in [4.69, 9.17) is 15.3 Å². The zero-order chi connectivity index (χ0) is 10.2. The van der Waals surface area contributed by atoms with Gasteiger partial charge in [0.15, 0.2) is 12.1 Å². The van der Waals surface area contributed by atoms with Crippen molar-refractivity contribution in [2.45, 2.75) is 37.6 Å². The highest BCUT2D eigenvalue weighted by atomic mass is 16.6. The lowest BCUT2D eigenvalue weighted by Crippen LogP contribution is -2.59. The van der Waals surface area contributed by atoms with E-state index in [0.717, 1.165) is 6.92 Å². The summed E-state index contributed by atoms with van der Waals surface area (Å²) < 4.78 is 4.59.